The predicted octanol–water partition coefficient (Wildman–Crippen LogP) is 2.89. The Morgan fingerprint density at radius 3 is 2.65 bits per heavy atom. The van der Waals surface area contributed by atoms with Crippen molar-refractivity contribution in [1.29, 1.82) is 0 Å². The first-order valence-electron chi connectivity index (χ1n) is 5.68. The van der Waals surface area contributed by atoms with E-state index in [0.717, 1.165) is 6.07 Å². The Kier molecular flexibility index (Phi) is 3.76. The van der Waals surface area contributed by atoms with E-state index in [1.165, 1.54) is 6.20 Å². The lowest BCUT2D eigenvalue weighted by molar-refractivity contribution is -0.385. The Bertz CT molecular complexity index is 696. The maximum Gasteiger partial charge on any atom is 0.300 e. The Labute approximate surface area is 119 Å². The third kappa shape index (κ3) is 2.50. The Hall–Kier alpha value is -2.34. The van der Waals surface area contributed by atoms with E-state index in [1.807, 2.05) is 0 Å². The lowest BCUT2D eigenvalue weighted by Crippen LogP contribution is -2.12. The molecule has 7 heteroatoms. The standard InChI is InChI=1S/C13H10ClN3O3/c1-7-3-4-15-8(2)11(7)13(18)12-10(17(19)20)5-9(14)6-16-12/h3-6H,1-2H3. The number of halogens is 1. The van der Waals surface area contributed by atoms with Gasteiger partial charge in [-0.1, -0.05) is 11.6 Å². The number of carbonyl (C=O) groups excluding carboxylic acids is 1. The number of nitro groups is 1. The first-order chi connectivity index (χ1) is 9.41. The SMILES string of the molecule is Cc1ccnc(C)c1C(=O)c1ncc(Cl)cc1[N+](=O)[O-]. The van der Waals surface area contributed by atoms with E-state index in [-0.39, 0.29) is 10.7 Å². The van der Waals surface area contributed by atoms with E-state index >= 15 is 0 Å². The third-order valence-electron chi connectivity index (χ3n) is 2.82. The zero-order valence-corrected chi connectivity index (χ0v) is 11.5. The van der Waals surface area contributed by atoms with Crippen LogP contribution in [0.4, 0.5) is 5.69 Å². The first-order valence-corrected chi connectivity index (χ1v) is 6.06. The summed E-state index contributed by atoms with van der Waals surface area (Å²) >= 11 is 5.68. The van der Waals surface area contributed by atoms with Crippen LogP contribution in [0.2, 0.25) is 5.02 Å². The second kappa shape index (κ2) is 5.34. The Balaban J connectivity index is 2.63. The number of nitrogens with zero attached hydrogens (tertiary/aromatic N) is 3. The van der Waals surface area contributed by atoms with E-state index in [0.29, 0.717) is 16.8 Å². The number of pyridine rings is 2. The van der Waals surface area contributed by atoms with E-state index in [2.05, 4.69) is 9.97 Å². The summed E-state index contributed by atoms with van der Waals surface area (Å²) < 4.78 is 0. The van der Waals surface area contributed by atoms with Gasteiger partial charge in [-0.15, -0.1) is 0 Å². The monoisotopic (exact) mass is 291 g/mol. The van der Waals surface area contributed by atoms with E-state index < -0.39 is 16.4 Å². The maximum atomic E-state index is 12.5. The van der Waals surface area contributed by atoms with Gasteiger partial charge in [0.05, 0.1) is 9.95 Å². The average Bonchev–Trinajstić information content (AvgIpc) is 2.38. The fourth-order valence-corrected chi connectivity index (χ4v) is 2.05. The van der Waals surface area contributed by atoms with Crippen LogP contribution in [0.5, 0.6) is 0 Å². The molecular formula is C13H10ClN3O3. The summed E-state index contributed by atoms with van der Waals surface area (Å²) in [6.07, 6.45) is 2.79. The molecule has 0 atom stereocenters. The number of aromatic nitrogens is 2. The van der Waals surface area contributed by atoms with Gasteiger partial charge >= 0.3 is 0 Å². The molecule has 2 rings (SSSR count). The van der Waals surface area contributed by atoms with Crippen LogP contribution in [0.3, 0.4) is 0 Å². The summed E-state index contributed by atoms with van der Waals surface area (Å²) in [4.78, 5) is 30.7. The van der Waals surface area contributed by atoms with E-state index in [1.54, 1.807) is 26.1 Å². The summed E-state index contributed by atoms with van der Waals surface area (Å²) in [5.74, 6) is -0.531. The average molecular weight is 292 g/mol. The molecule has 0 unspecified atom stereocenters. The van der Waals surface area contributed by atoms with Gasteiger partial charge in [0.15, 0.2) is 5.69 Å². The van der Waals surface area contributed by atoms with Crippen LogP contribution in [-0.2, 0) is 0 Å². The number of aryl methyl sites for hydroxylation is 2. The Morgan fingerprint density at radius 2 is 2.05 bits per heavy atom. The van der Waals surface area contributed by atoms with Crippen molar-refractivity contribution in [3.63, 3.8) is 0 Å². The van der Waals surface area contributed by atoms with Crippen LogP contribution < -0.4 is 0 Å². The highest BCUT2D eigenvalue weighted by Gasteiger charge is 2.26. The van der Waals surface area contributed by atoms with Crippen molar-refractivity contribution in [2.24, 2.45) is 0 Å². The smallest absolute Gasteiger partial charge is 0.286 e. The quantitative estimate of drug-likeness (QED) is 0.493. The van der Waals surface area contributed by atoms with Crippen LogP contribution in [0.25, 0.3) is 0 Å². The number of rotatable bonds is 3. The molecule has 6 nitrogen and oxygen atoms in total. The van der Waals surface area contributed by atoms with Crippen LogP contribution in [0.1, 0.15) is 27.3 Å². The highest BCUT2D eigenvalue weighted by Crippen LogP contribution is 2.25. The van der Waals surface area contributed by atoms with E-state index in [9.17, 15) is 14.9 Å². The zero-order valence-electron chi connectivity index (χ0n) is 10.8. The summed E-state index contributed by atoms with van der Waals surface area (Å²) in [5.41, 5.74) is 0.865. The summed E-state index contributed by atoms with van der Waals surface area (Å²) in [6, 6.07) is 2.78. The fraction of sp³-hybridized carbons (Fsp3) is 0.154. The van der Waals surface area contributed by atoms with Gasteiger partial charge in [-0.3, -0.25) is 19.9 Å². The van der Waals surface area contributed by atoms with Gasteiger partial charge < -0.3 is 0 Å². The largest absolute Gasteiger partial charge is 0.300 e. The molecule has 102 valence electrons. The van der Waals surface area contributed by atoms with Crippen molar-refractivity contribution >= 4 is 23.1 Å². The van der Waals surface area contributed by atoms with Crippen LogP contribution in [-0.4, -0.2) is 20.7 Å². The predicted molar refractivity (Wildman–Crippen MR) is 73.0 cm³/mol. The van der Waals surface area contributed by atoms with Crippen molar-refractivity contribution < 1.29 is 9.72 Å². The molecule has 0 aromatic carbocycles. The minimum absolute atomic E-state index is 0.105. The molecule has 0 amide bonds. The highest BCUT2D eigenvalue weighted by atomic mass is 35.5. The summed E-state index contributed by atoms with van der Waals surface area (Å²) in [5, 5.41) is 11.1. The highest BCUT2D eigenvalue weighted by molar-refractivity contribution is 6.30. The normalized spacial score (nSPS) is 10.3. The van der Waals surface area contributed by atoms with Gasteiger partial charge in [-0.05, 0) is 25.5 Å². The van der Waals surface area contributed by atoms with Crippen LogP contribution in [0.15, 0.2) is 24.5 Å². The molecule has 0 saturated carbocycles. The van der Waals surface area contributed by atoms with Gasteiger partial charge in [0, 0.05) is 29.7 Å². The number of ketones is 1. The maximum absolute atomic E-state index is 12.5. The lowest BCUT2D eigenvalue weighted by atomic mass is 10.0. The van der Waals surface area contributed by atoms with Crippen LogP contribution in [0, 0.1) is 24.0 Å². The molecule has 0 N–H and O–H groups in total. The molecule has 0 radical (unpaired) electrons. The van der Waals surface area contributed by atoms with Crippen molar-refractivity contribution in [3.05, 3.63) is 62.2 Å². The van der Waals surface area contributed by atoms with Gasteiger partial charge in [0.2, 0.25) is 5.78 Å². The minimum Gasteiger partial charge on any atom is -0.286 e. The Morgan fingerprint density at radius 1 is 1.35 bits per heavy atom. The molecule has 2 heterocycles. The van der Waals surface area contributed by atoms with Gasteiger partial charge in [0.1, 0.15) is 0 Å². The molecule has 0 aliphatic rings. The lowest BCUT2D eigenvalue weighted by Gasteiger charge is -2.07. The molecule has 0 bridgehead atoms. The van der Waals surface area contributed by atoms with Crippen molar-refractivity contribution in [3.8, 4) is 0 Å². The topological polar surface area (TPSA) is 86.0 Å². The van der Waals surface area contributed by atoms with E-state index in [4.69, 9.17) is 11.6 Å². The summed E-state index contributed by atoms with van der Waals surface area (Å²) in [6.45, 7) is 3.41. The fourth-order valence-electron chi connectivity index (χ4n) is 1.90. The molecular weight excluding hydrogens is 282 g/mol. The molecule has 2 aromatic heterocycles. The summed E-state index contributed by atoms with van der Waals surface area (Å²) in [7, 11) is 0. The molecule has 0 spiro atoms. The van der Waals surface area contributed by atoms with Crippen molar-refractivity contribution in [2.45, 2.75) is 13.8 Å². The van der Waals surface area contributed by atoms with Gasteiger partial charge in [-0.2, -0.15) is 0 Å². The van der Waals surface area contributed by atoms with Crippen LogP contribution >= 0.6 is 11.6 Å². The third-order valence-corrected chi connectivity index (χ3v) is 3.03. The minimum atomic E-state index is -0.673. The first kappa shape index (κ1) is 14.1. The van der Waals surface area contributed by atoms with Gasteiger partial charge in [-0.25, -0.2) is 4.98 Å². The zero-order chi connectivity index (χ0) is 14.9. The van der Waals surface area contributed by atoms with Gasteiger partial charge in [0.25, 0.3) is 5.69 Å². The second-order valence-corrected chi connectivity index (χ2v) is 4.63. The molecule has 20 heavy (non-hydrogen) atoms. The molecule has 0 aliphatic carbocycles. The van der Waals surface area contributed by atoms with Crippen molar-refractivity contribution in [1.82, 2.24) is 9.97 Å². The number of carbonyl (C=O) groups is 1. The second-order valence-electron chi connectivity index (χ2n) is 4.20. The molecule has 2 aromatic rings. The number of hydrogen-bond acceptors (Lipinski definition) is 5. The van der Waals surface area contributed by atoms with Crippen molar-refractivity contribution in [2.75, 3.05) is 0 Å². The number of hydrogen-bond donors (Lipinski definition) is 0. The molecule has 0 fully saturated rings. The molecule has 0 aliphatic heterocycles. The molecule has 0 saturated heterocycles.